The van der Waals surface area contributed by atoms with Crippen LogP contribution in [0.3, 0.4) is 0 Å². The van der Waals surface area contributed by atoms with E-state index < -0.39 is 0 Å². The monoisotopic (exact) mass is 337 g/mol. The Morgan fingerprint density at radius 3 is 2.64 bits per heavy atom. The zero-order valence-corrected chi connectivity index (χ0v) is 14.5. The third kappa shape index (κ3) is 3.76. The standard InChI is InChI=1S/C20H20FN3O/c1-13-8-9-14(2)17(10-13)20(25)22-19-11-15(3)24(23-19)12-16-6-4-5-7-18(16)21/h4-11H,12H2,1-3H3,(H,22,23,25). The number of aromatic nitrogens is 2. The van der Waals surface area contributed by atoms with Gasteiger partial charge >= 0.3 is 0 Å². The van der Waals surface area contributed by atoms with E-state index in [9.17, 15) is 9.18 Å². The van der Waals surface area contributed by atoms with Crippen LogP contribution in [0, 0.1) is 26.6 Å². The molecule has 4 nitrogen and oxygen atoms in total. The van der Waals surface area contributed by atoms with Crippen molar-refractivity contribution in [2.75, 3.05) is 5.32 Å². The molecular weight excluding hydrogens is 317 g/mol. The van der Waals surface area contributed by atoms with Crippen LogP contribution in [0.2, 0.25) is 0 Å². The highest BCUT2D eigenvalue weighted by atomic mass is 19.1. The van der Waals surface area contributed by atoms with Crippen LogP contribution in [0.1, 0.15) is 32.7 Å². The molecule has 1 amide bonds. The molecule has 0 fully saturated rings. The Morgan fingerprint density at radius 2 is 1.88 bits per heavy atom. The minimum absolute atomic E-state index is 0.197. The number of amides is 1. The van der Waals surface area contributed by atoms with Crippen molar-refractivity contribution in [1.29, 1.82) is 0 Å². The third-order valence-corrected chi connectivity index (χ3v) is 4.14. The first-order chi connectivity index (χ1) is 11.9. The van der Waals surface area contributed by atoms with Crippen LogP contribution in [-0.2, 0) is 6.54 Å². The number of rotatable bonds is 4. The molecule has 25 heavy (non-hydrogen) atoms. The Morgan fingerprint density at radius 1 is 1.12 bits per heavy atom. The summed E-state index contributed by atoms with van der Waals surface area (Å²) in [4.78, 5) is 12.5. The molecule has 0 aliphatic carbocycles. The second-order valence-corrected chi connectivity index (χ2v) is 6.19. The first-order valence-corrected chi connectivity index (χ1v) is 8.10. The fourth-order valence-corrected chi connectivity index (χ4v) is 2.68. The molecule has 5 heteroatoms. The van der Waals surface area contributed by atoms with Gasteiger partial charge in [-0.25, -0.2) is 4.39 Å². The smallest absolute Gasteiger partial charge is 0.257 e. The normalized spacial score (nSPS) is 10.7. The Bertz CT molecular complexity index is 930. The highest BCUT2D eigenvalue weighted by Crippen LogP contribution is 2.16. The van der Waals surface area contributed by atoms with Gasteiger partial charge in [0.15, 0.2) is 5.82 Å². The number of hydrogen-bond donors (Lipinski definition) is 1. The summed E-state index contributed by atoms with van der Waals surface area (Å²) in [6.07, 6.45) is 0. The molecule has 128 valence electrons. The maximum atomic E-state index is 13.8. The first kappa shape index (κ1) is 16.9. The van der Waals surface area contributed by atoms with Gasteiger partial charge in [-0.2, -0.15) is 5.10 Å². The van der Waals surface area contributed by atoms with E-state index in [-0.39, 0.29) is 11.7 Å². The van der Waals surface area contributed by atoms with E-state index in [0.717, 1.165) is 16.8 Å². The number of anilines is 1. The Labute approximate surface area is 146 Å². The van der Waals surface area contributed by atoms with Crippen LogP contribution in [0.15, 0.2) is 48.5 Å². The zero-order chi connectivity index (χ0) is 18.0. The molecule has 3 aromatic rings. The van der Waals surface area contributed by atoms with E-state index in [4.69, 9.17) is 0 Å². The van der Waals surface area contributed by atoms with Gasteiger partial charge < -0.3 is 5.32 Å². The van der Waals surface area contributed by atoms with E-state index in [1.54, 1.807) is 28.9 Å². The van der Waals surface area contributed by atoms with Gasteiger partial charge in [0, 0.05) is 22.9 Å². The van der Waals surface area contributed by atoms with Crippen molar-refractivity contribution in [3.05, 3.63) is 82.3 Å². The van der Waals surface area contributed by atoms with Crippen molar-refractivity contribution in [3.63, 3.8) is 0 Å². The largest absolute Gasteiger partial charge is 0.305 e. The molecule has 0 aliphatic heterocycles. The van der Waals surface area contributed by atoms with E-state index in [1.165, 1.54) is 6.07 Å². The molecule has 0 saturated heterocycles. The Kier molecular flexibility index (Phi) is 4.65. The average molecular weight is 337 g/mol. The van der Waals surface area contributed by atoms with Crippen LogP contribution in [0.25, 0.3) is 0 Å². The summed E-state index contributed by atoms with van der Waals surface area (Å²) >= 11 is 0. The van der Waals surface area contributed by atoms with Gasteiger partial charge in [0.2, 0.25) is 0 Å². The van der Waals surface area contributed by atoms with E-state index >= 15 is 0 Å². The van der Waals surface area contributed by atoms with Crippen molar-refractivity contribution in [2.45, 2.75) is 27.3 Å². The maximum absolute atomic E-state index is 13.8. The minimum atomic E-state index is -0.265. The Hall–Kier alpha value is -2.95. The quantitative estimate of drug-likeness (QED) is 0.774. The number of carbonyl (C=O) groups excluding carboxylic acids is 1. The van der Waals surface area contributed by atoms with Gasteiger partial charge in [-0.3, -0.25) is 9.48 Å². The zero-order valence-electron chi connectivity index (χ0n) is 14.5. The predicted octanol–water partition coefficient (Wildman–Crippen LogP) is 4.25. The van der Waals surface area contributed by atoms with Gasteiger partial charge in [0.05, 0.1) is 6.54 Å². The summed E-state index contributed by atoms with van der Waals surface area (Å²) in [5.41, 5.74) is 3.96. The van der Waals surface area contributed by atoms with Gasteiger partial charge in [-0.15, -0.1) is 0 Å². The lowest BCUT2D eigenvalue weighted by Crippen LogP contribution is -2.14. The maximum Gasteiger partial charge on any atom is 0.257 e. The van der Waals surface area contributed by atoms with Crippen molar-refractivity contribution in [1.82, 2.24) is 9.78 Å². The summed E-state index contributed by atoms with van der Waals surface area (Å²) in [5, 5.41) is 7.21. The molecule has 1 aromatic heterocycles. The third-order valence-electron chi connectivity index (χ3n) is 4.14. The minimum Gasteiger partial charge on any atom is -0.305 e. The molecule has 0 spiro atoms. The van der Waals surface area contributed by atoms with Crippen LogP contribution >= 0.6 is 0 Å². The number of nitrogens with zero attached hydrogens (tertiary/aromatic N) is 2. The fraction of sp³-hybridized carbons (Fsp3) is 0.200. The number of halogens is 1. The Balaban J connectivity index is 1.79. The fourth-order valence-electron chi connectivity index (χ4n) is 2.68. The SMILES string of the molecule is Cc1ccc(C)c(C(=O)Nc2cc(C)n(Cc3ccccc3F)n2)c1. The molecule has 0 radical (unpaired) electrons. The molecule has 0 bridgehead atoms. The lowest BCUT2D eigenvalue weighted by molar-refractivity contribution is 0.102. The number of nitrogens with one attached hydrogen (secondary N) is 1. The van der Waals surface area contributed by atoms with E-state index in [1.807, 2.05) is 39.0 Å². The summed E-state index contributed by atoms with van der Waals surface area (Å²) < 4.78 is 15.5. The lowest BCUT2D eigenvalue weighted by atomic mass is 10.1. The summed E-state index contributed by atoms with van der Waals surface area (Å²) in [6, 6.07) is 14.1. The van der Waals surface area contributed by atoms with Gasteiger partial charge in [0.1, 0.15) is 5.82 Å². The summed E-state index contributed by atoms with van der Waals surface area (Å²) in [5.74, 6) is -0.00476. The van der Waals surface area contributed by atoms with Crippen molar-refractivity contribution in [2.24, 2.45) is 0 Å². The van der Waals surface area contributed by atoms with Gasteiger partial charge in [0.25, 0.3) is 5.91 Å². The van der Waals surface area contributed by atoms with Crippen molar-refractivity contribution >= 4 is 11.7 Å². The molecule has 3 rings (SSSR count). The predicted molar refractivity (Wildman–Crippen MR) is 96.3 cm³/mol. The second kappa shape index (κ2) is 6.89. The lowest BCUT2D eigenvalue weighted by Gasteiger charge is -2.07. The van der Waals surface area contributed by atoms with Gasteiger partial charge in [-0.1, -0.05) is 35.9 Å². The average Bonchev–Trinajstić information content (AvgIpc) is 2.91. The van der Waals surface area contributed by atoms with Crippen LogP contribution in [0.5, 0.6) is 0 Å². The van der Waals surface area contributed by atoms with Gasteiger partial charge in [-0.05, 0) is 38.5 Å². The van der Waals surface area contributed by atoms with Crippen LogP contribution < -0.4 is 5.32 Å². The highest BCUT2D eigenvalue weighted by Gasteiger charge is 2.13. The molecule has 2 aromatic carbocycles. The molecule has 0 unspecified atom stereocenters. The molecule has 1 heterocycles. The summed E-state index contributed by atoms with van der Waals surface area (Å²) in [7, 11) is 0. The van der Waals surface area contributed by atoms with Crippen molar-refractivity contribution < 1.29 is 9.18 Å². The number of aryl methyl sites for hydroxylation is 3. The number of carbonyl (C=O) groups is 1. The molecule has 1 N–H and O–H groups in total. The number of benzene rings is 2. The molecular formula is C20H20FN3O. The first-order valence-electron chi connectivity index (χ1n) is 8.10. The molecule has 0 atom stereocenters. The van der Waals surface area contributed by atoms with Crippen LogP contribution in [0.4, 0.5) is 10.2 Å². The second-order valence-electron chi connectivity index (χ2n) is 6.19. The summed E-state index contributed by atoms with van der Waals surface area (Å²) in [6.45, 7) is 6.04. The number of hydrogen-bond acceptors (Lipinski definition) is 2. The van der Waals surface area contributed by atoms with Crippen molar-refractivity contribution in [3.8, 4) is 0 Å². The van der Waals surface area contributed by atoms with E-state index in [2.05, 4.69) is 10.4 Å². The highest BCUT2D eigenvalue weighted by molar-refractivity contribution is 6.04. The topological polar surface area (TPSA) is 46.9 Å². The molecule has 0 aliphatic rings. The van der Waals surface area contributed by atoms with E-state index in [0.29, 0.717) is 23.5 Å². The molecule has 0 saturated carbocycles. The van der Waals surface area contributed by atoms with Crippen LogP contribution in [-0.4, -0.2) is 15.7 Å².